The van der Waals surface area contributed by atoms with Crippen molar-refractivity contribution in [1.82, 2.24) is 15.6 Å². The molecule has 1 aromatic rings. The Morgan fingerprint density at radius 2 is 2.47 bits per heavy atom. The van der Waals surface area contributed by atoms with E-state index in [1.54, 1.807) is 12.1 Å². The third-order valence-electron chi connectivity index (χ3n) is 2.64. The molecule has 6 heteroatoms. The SMILES string of the molecule is O=C1CC(NC(=O)c2ncccc2C#CCO)CN1. The van der Waals surface area contributed by atoms with E-state index in [0.717, 1.165) is 0 Å². The van der Waals surface area contributed by atoms with Crippen LogP contribution < -0.4 is 10.6 Å². The molecule has 98 valence electrons. The largest absolute Gasteiger partial charge is 0.384 e. The van der Waals surface area contributed by atoms with Gasteiger partial charge < -0.3 is 15.7 Å². The number of carbonyl (C=O) groups is 2. The number of amides is 2. The van der Waals surface area contributed by atoms with Crippen molar-refractivity contribution >= 4 is 11.8 Å². The van der Waals surface area contributed by atoms with Gasteiger partial charge in [0.25, 0.3) is 5.91 Å². The van der Waals surface area contributed by atoms with Gasteiger partial charge in [0.15, 0.2) is 0 Å². The van der Waals surface area contributed by atoms with Crippen LogP contribution in [-0.4, -0.2) is 41.1 Å². The Hall–Kier alpha value is -2.39. The number of aliphatic hydroxyl groups excluding tert-OH is 1. The van der Waals surface area contributed by atoms with Crippen LogP contribution in [0.1, 0.15) is 22.5 Å². The van der Waals surface area contributed by atoms with Gasteiger partial charge in [-0.25, -0.2) is 4.98 Å². The summed E-state index contributed by atoms with van der Waals surface area (Å²) in [4.78, 5) is 27.1. The van der Waals surface area contributed by atoms with E-state index in [9.17, 15) is 9.59 Å². The molecule has 1 atom stereocenters. The van der Waals surface area contributed by atoms with Gasteiger partial charge >= 0.3 is 0 Å². The van der Waals surface area contributed by atoms with Gasteiger partial charge in [-0.1, -0.05) is 11.8 Å². The highest BCUT2D eigenvalue weighted by atomic mass is 16.2. The molecule has 0 aromatic carbocycles. The van der Waals surface area contributed by atoms with E-state index in [0.29, 0.717) is 12.1 Å². The monoisotopic (exact) mass is 259 g/mol. The Kier molecular flexibility index (Phi) is 4.11. The molecule has 6 nitrogen and oxygen atoms in total. The van der Waals surface area contributed by atoms with Crippen molar-refractivity contribution in [3.8, 4) is 11.8 Å². The van der Waals surface area contributed by atoms with Crippen LogP contribution in [0.4, 0.5) is 0 Å². The van der Waals surface area contributed by atoms with E-state index in [-0.39, 0.29) is 36.6 Å². The lowest BCUT2D eigenvalue weighted by Gasteiger charge is -2.10. The molecule has 1 aliphatic heterocycles. The second-order valence-electron chi connectivity index (χ2n) is 4.04. The highest BCUT2D eigenvalue weighted by Crippen LogP contribution is 2.06. The highest BCUT2D eigenvalue weighted by Gasteiger charge is 2.24. The minimum Gasteiger partial charge on any atom is -0.384 e. The van der Waals surface area contributed by atoms with Gasteiger partial charge in [0.1, 0.15) is 12.3 Å². The van der Waals surface area contributed by atoms with Crippen LogP contribution in [0, 0.1) is 11.8 Å². The maximum atomic E-state index is 12.0. The predicted molar refractivity (Wildman–Crippen MR) is 67.1 cm³/mol. The van der Waals surface area contributed by atoms with Crippen LogP contribution in [0.25, 0.3) is 0 Å². The molecule has 19 heavy (non-hydrogen) atoms. The minimum atomic E-state index is -0.371. The van der Waals surface area contributed by atoms with Gasteiger partial charge in [-0.2, -0.15) is 0 Å². The normalized spacial score (nSPS) is 17.3. The second-order valence-corrected chi connectivity index (χ2v) is 4.04. The Labute approximate surface area is 110 Å². The summed E-state index contributed by atoms with van der Waals surface area (Å²) in [6.07, 6.45) is 1.77. The molecule has 0 bridgehead atoms. The number of nitrogens with zero attached hydrogens (tertiary/aromatic N) is 1. The van der Waals surface area contributed by atoms with Crippen molar-refractivity contribution in [2.75, 3.05) is 13.2 Å². The van der Waals surface area contributed by atoms with Crippen LogP contribution in [-0.2, 0) is 4.79 Å². The van der Waals surface area contributed by atoms with E-state index in [4.69, 9.17) is 5.11 Å². The van der Waals surface area contributed by atoms with Crippen molar-refractivity contribution in [3.63, 3.8) is 0 Å². The van der Waals surface area contributed by atoms with E-state index in [1.807, 2.05) is 0 Å². The summed E-state index contributed by atoms with van der Waals surface area (Å²) in [7, 11) is 0. The van der Waals surface area contributed by atoms with E-state index < -0.39 is 0 Å². The minimum absolute atomic E-state index is 0.0772. The van der Waals surface area contributed by atoms with Crippen molar-refractivity contribution in [2.24, 2.45) is 0 Å². The molecule has 2 rings (SSSR count). The summed E-state index contributed by atoms with van der Waals surface area (Å²) in [5.74, 6) is 4.70. The second kappa shape index (κ2) is 5.98. The van der Waals surface area contributed by atoms with Crippen LogP contribution in [0.5, 0.6) is 0 Å². The molecule has 0 radical (unpaired) electrons. The molecule has 0 spiro atoms. The van der Waals surface area contributed by atoms with Gasteiger partial charge in [0, 0.05) is 19.2 Å². The van der Waals surface area contributed by atoms with Crippen molar-refractivity contribution in [3.05, 3.63) is 29.6 Å². The lowest BCUT2D eigenvalue weighted by Crippen LogP contribution is -2.37. The molecule has 1 aliphatic rings. The number of aromatic nitrogens is 1. The zero-order valence-electron chi connectivity index (χ0n) is 10.1. The average molecular weight is 259 g/mol. The van der Waals surface area contributed by atoms with Crippen molar-refractivity contribution in [2.45, 2.75) is 12.5 Å². The summed E-state index contributed by atoms with van der Waals surface area (Å²) in [6, 6.07) is 3.10. The zero-order valence-corrected chi connectivity index (χ0v) is 10.1. The number of rotatable bonds is 2. The first-order valence-corrected chi connectivity index (χ1v) is 5.83. The number of carbonyl (C=O) groups excluding carboxylic acids is 2. The maximum absolute atomic E-state index is 12.0. The molecule has 1 fully saturated rings. The fourth-order valence-electron chi connectivity index (χ4n) is 1.78. The van der Waals surface area contributed by atoms with Gasteiger partial charge in [0.05, 0.1) is 11.6 Å². The maximum Gasteiger partial charge on any atom is 0.271 e. The summed E-state index contributed by atoms with van der Waals surface area (Å²) < 4.78 is 0. The molecule has 0 aliphatic carbocycles. The van der Waals surface area contributed by atoms with Gasteiger partial charge in [0.2, 0.25) is 5.91 Å². The van der Waals surface area contributed by atoms with Crippen LogP contribution in [0.15, 0.2) is 18.3 Å². The molecular weight excluding hydrogens is 246 g/mol. The average Bonchev–Trinajstić information content (AvgIpc) is 2.82. The molecule has 3 N–H and O–H groups in total. The number of hydrogen-bond acceptors (Lipinski definition) is 4. The van der Waals surface area contributed by atoms with Gasteiger partial charge in [-0.15, -0.1) is 0 Å². The first-order chi connectivity index (χ1) is 9.20. The van der Waals surface area contributed by atoms with Crippen LogP contribution in [0.2, 0.25) is 0 Å². The number of pyridine rings is 1. The third-order valence-corrected chi connectivity index (χ3v) is 2.64. The molecule has 1 unspecified atom stereocenters. The Bertz CT molecular complexity index is 560. The van der Waals surface area contributed by atoms with Crippen molar-refractivity contribution < 1.29 is 14.7 Å². The Morgan fingerprint density at radius 1 is 1.63 bits per heavy atom. The number of aliphatic hydroxyl groups is 1. The van der Waals surface area contributed by atoms with Gasteiger partial charge in [-0.3, -0.25) is 9.59 Å². The number of hydrogen-bond donors (Lipinski definition) is 3. The fourth-order valence-corrected chi connectivity index (χ4v) is 1.78. The van der Waals surface area contributed by atoms with Crippen LogP contribution >= 0.6 is 0 Å². The highest BCUT2D eigenvalue weighted by molar-refractivity contribution is 5.95. The summed E-state index contributed by atoms with van der Waals surface area (Å²) in [6.45, 7) is 0.145. The van der Waals surface area contributed by atoms with Crippen LogP contribution in [0.3, 0.4) is 0 Å². The predicted octanol–water partition coefficient (Wildman–Crippen LogP) is -0.956. The molecular formula is C13H13N3O3. The molecule has 1 saturated heterocycles. The molecule has 2 heterocycles. The topological polar surface area (TPSA) is 91.3 Å². The Balaban J connectivity index is 2.12. The van der Waals surface area contributed by atoms with Gasteiger partial charge in [-0.05, 0) is 12.1 Å². The quantitative estimate of drug-likeness (QED) is 0.597. The van der Waals surface area contributed by atoms with E-state index >= 15 is 0 Å². The lowest BCUT2D eigenvalue weighted by molar-refractivity contribution is -0.119. The molecule has 2 amide bonds. The first-order valence-electron chi connectivity index (χ1n) is 5.83. The fraction of sp³-hybridized carbons (Fsp3) is 0.308. The Morgan fingerprint density at radius 3 is 3.16 bits per heavy atom. The van der Waals surface area contributed by atoms with E-state index in [1.165, 1.54) is 6.20 Å². The summed E-state index contributed by atoms with van der Waals surface area (Å²) in [5.41, 5.74) is 0.647. The zero-order chi connectivity index (χ0) is 13.7. The smallest absolute Gasteiger partial charge is 0.271 e. The first kappa shape index (κ1) is 13.1. The molecule has 0 saturated carbocycles. The standard InChI is InChI=1S/C13H13N3O3/c17-6-2-4-9-3-1-5-14-12(9)13(19)16-10-7-11(18)15-8-10/h1,3,5,10,17H,6-8H2,(H,15,18)(H,16,19). The summed E-state index contributed by atoms with van der Waals surface area (Å²) >= 11 is 0. The lowest BCUT2D eigenvalue weighted by atomic mass is 10.1. The summed E-state index contributed by atoms with van der Waals surface area (Å²) in [5, 5.41) is 14.0. The van der Waals surface area contributed by atoms with Crippen molar-refractivity contribution in [1.29, 1.82) is 0 Å². The molecule has 1 aromatic heterocycles. The third kappa shape index (κ3) is 3.30. The number of nitrogens with one attached hydrogen (secondary N) is 2. The van der Waals surface area contributed by atoms with E-state index in [2.05, 4.69) is 27.5 Å².